The van der Waals surface area contributed by atoms with Crippen molar-refractivity contribution >= 4 is 23.4 Å². The molecule has 1 aliphatic heterocycles. The minimum atomic E-state index is 0.537. The third-order valence-corrected chi connectivity index (χ3v) is 1.88. The van der Waals surface area contributed by atoms with Gasteiger partial charge in [-0.15, -0.1) is 0 Å². The molecule has 0 saturated heterocycles. The molecule has 0 radical (unpaired) electrons. The molecular formula is C6H9NS. The van der Waals surface area contributed by atoms with Crippen LogP contribution in [0.25, 0.3) is 0 Å². The zero-order valence-electron chi connectivity index (χ0n) is 4.92. The molecule has 1 nitrogen and oxygen atoms in total. The van der Waals surface area contributed by atoms with E-state index in [-0.39, 0.29) is 0 Å². The number of rotatable bonds is 0. The van der Waals surface area contributed by atoms with Gasteiger partial charge in [0.25, 0.3) is 0 Å². The summed E-state index contributed by atoms with van der Waals surface area (Å²) < 4.78 is 0. The summed E-state index contributed by atoms with van der Waals surface area (Å²) in [5.74, 6) is 0.537. The first-order valence-corrected chi connectivity index (χ1v) is 3.28. The molecule has 0 spiro atoms. The van der Waals surface area contributed by atoms with E-state index >= 15 is 0 Å². The first-order valence-electron chi connectivity index (χ1n) is 2.87. The molecule has 1 heterocycles. The minimum absolute atomic E-state index is 0.537. The minimum Gasteiger partial charge on any atom is -0.254 e. The number of thiocarbonyl (C=S) groups is 1. The molecule has 0 saturated carbocycles. The normalized spacial score (nSPS) is 28.6. The van der Waals surface area contributed by atoms with Crippen LogP contribution in [0.2, 0.25) is 0 Å². The Morgan fingerprint density at radius 2 is 2.62 bits per heavy atom. The second-order valence-electron chi connectivity index (χ2n) is 2.13. The van der Waals surface area contributed by atoms with Crippen molar-refractivity contribution < 1.29 is 0 Å². The predicted octanol–water partition coefficient (Wildman–Crippen LogP) is 1.81. The van der Waals surface area contributed by atoms with Crippen LogP contribution in [0.3, 0.4) is 0 Å². The molecule has 1 aliphatic rings. The zero-order valence-corrected chi connectivity index (χ0v) is 5.74. The fourth-order valence-electron chi connectivity index (χ4n) is 0.730. The van der Waals surface area contributed by atoms with E-state index in [9.17, 15) is 0 Å². The summed E-state index contributed by atoms with van der Waals surface area (Å²) in [6.07, 6.45) is 4.19. The lowest BCUT2D eigenvalue weighted by atomic mass is 10.0. The summed E-state index contributed by atoms with van der Waals surface area (Å²) >= 11 is 4.93. The smallest absolute Gasteiger partial charge is 0.105 e. The van der Waals surface area contributed by atoms with Crippen LogP contribution in [-0.4, -0.2) is 11.2 Å². The van der Waals surface area contributed by atoms with Gasteiger partial charge in [0.2, 0.25) is 0 Å². The Bertz CT molecular complexity index is 128. The maximum Gasteiger partial charge on any atom is 0.105 e. The van der Waals surface area contributed by atoms with Gasteiger partial charge in [0, 0.05) is 12.1 Å². The van der Waals surface area contributed by atoms with Crippen LogP contribution in [0.15, 0.2) is 4.99 Å². The molecule has 0 aromatic carbocycles. The monoisotopic (exact) mass is 127 g/mol. The van der Waals surface area contributed by atoms with Gasteiger partial charge in [-0.3, -0.25) is 4.99 Å². The summed E-state index contributed by atoms with van der Waals surface area (Å²) in [5.41, 5.74) is 0. The Labute approximate surface area is 54.8 Å². The molecule has 0 aromatic heterocycles. The lowest BCUT2D eigenvalue weighted by Crippen LogP contribution is -2.10. The Balaban J connectivity index is 2.60. The van der Waals surface area contributed by atoms with Crippen LogP contribution in [0.4, 0.5) is 0 Å². The van der Waals surface area contributed by atoms with E-state index in [1.54, 1.807) is 0 Å². The van der Waals surface area contributed by atoms with Crippen molar-refractivity contribution in [2.45, 2.75) is 19.8 Å². The average Bonchev–Trinajstić information content (AvgIpc) is 1.77. The summed E-state index contributed by atoms with van der Waals surface area (Å²) in [6, 6.07) is 0. The molecule has 0 N–H and O–H groups in total. The molecule has 0 aliphatic carbocycles. The van der Waals surface area contributed by atoms with E-state index < -0.39 is 0 Å². The molecular weight excluding hydrogens is 118 g/mol. The fourth-order valence-corrected chi connectivity index (χ4v) is 0.922. The molecule has 44 valence electrons. The van der Waals surface area contributed by atoms with Gasteiger partial charge in [0.1, 0.15) is 4.99 Å². The van der Waals surface area contributed by atoms with Gasteiger partial charge in [0.15, 0.2) is 0 Å². The highest BCUT2D eigenvalue weighted by atomic mass is 32.1. The van der Waals surface area contributed by atoms with E-state index in [0.717, 1.165) is 11.4 Å². The second kappa shape index (κ2) is 2.35. The molecule has 1 atom stereocenters. The van der Waals surface area contributed by atoms with Gasteiger partial charge >= 0.3 is 0 Å². The summed E-state index contributed by atoms with van der Waals surface area (Å²) in [7, 11) is 0. The number of nitrogens with zero attached hydrogens (tertiary/aromatic N) is 1. The van der Waals surface area contributed by atoms with Crippen LogP contribution in [0, 0.1) is 5.92 Å². The summed E-state index contributed by atoms with van der Waals surface area (Å²) in [6.45, 7) is 2.12. The summed E-state index contributed by atoms with van der Waals surface area (Å²) in [4.78, 5) is 4.89. The van der Waals surface area contributed by atoms with Crippen molar-refractivity contribution in [1.82, 2.24) is 0 Å². The van der Waals surface area contributed by atoms with Crippen LogP contribution >= 0.6 is 12.2 Å². The largest absolute Gasteiger partial charge is 0.254 e. The average molecular weight is 127 g/mol. The SMILES string of the molecule is CC1CCC=NC1=S. The standard InChI is InChI=1S/C6H9NS/c1-5-3-2-4-7-6(5)8/h4-5H,2-3H2,1H3. The predicted molar refractivity (Wildman–Crippen MR) is 39.5 cm³/mol. The molecule has 8 heavy (non-hydrogen) atoms. The Morgan fingerprint density at radius 1 is 1.88 bits per heavy atom. The molecule has 0 fully saturated rings. The van der Waals surface area contributed by atoms with Gasteiger partial charge in [0.05, 0.1) is 0 Å². The van der Waals surface area contributed by atoms with Crippen LogP contribution in [0.1, 0.15) is 19.8 Å². The van der Waals surface area contributed by atoms with E-state index in [4.69, 9.17) is 12.2 Å². The van der Waals surface area contributed by atoms with E-state index in [1.807, 2.05) is 6.21 Å². The Morgan fingerprint density at radius 3 is 3.00 bits per heavy atom. The Hall–Kier alpha value is -0.240. The van der Waals surface area contributed by atoms with Gasteiger partial charge in [-0.2, -0.15) is 0 Å². The highest BCUT2D eigenvalue weighted by Crippen LogP contribution is 2.11. The van der Waals surface area contributed by atoms with Crippen molar-refractivity contribution in [3.8, 4) is 0 Å². The maximum absolute atomic E-state index is 4.93. The number of aliphatic imine (C=N–C) groups is 1. The van der Waals surface area contributed by atoms with Gasteiger partial charge < -0.3 is 0 Å². The molecule has 2 heteroatoms. The third-order valence-electron chi connectivity index (χ3n) is 1.37. The van der Waals surface area contributed by atoms with Crippen molar-refractivity contribution in [3.05, 3.63) is 0 Å². The van der Waals surface area contributed by atoms with Crippen molar-refractivity contribution in [2.75, 3.05) is 0 Å². The zero-order chi connectivity index (χ0) is 5.98. The lowest BCUT2D eigenvalue weighted by molar-refractivity contribution is 0.703. The highest BCUT2D eigenvalue weighted by Gasteiger charge is 2.08. The van der Waals surface area contributed by atoms with Gasteiger partial charge in [-0.25, -0.2) is 0 Å². The second-order valence-corrected chi connectivity index (χ2v) is 2.55. The van der Waals surface area contributed by atoms with Gasteiger partial charge in [-0.05, 0) is 12.8 Å². The van der Waals surface area contributed by atoms with E-state index in [0.29, 0.717) is 5.92 Å². The first kappa shape index (κ1) is 5.89. The lowest BCUT2D eigenvalue weighted by Gasteiger charge is -2.10. The number of hydrogen-bond acceptors (Lipinski definition) is 1. The number of hydrogen-bond donors (Lipinski definition) is 0. The molecule has 0 aromatic rings. The van der Waals surface area contributed by atoms with E-state index in [1.165, 1.54) is 6.42 Å². The Kier molecular flexibility index (Phi) is 1.73. The molecule has 0 amide bonds. The molecule has 1 rings (SSSR count). The molecule has 1 unspecified atom stereocenters. The van der Waals surface area contributed by atoms with Crippen molar-refractivity contribution in [2.24, 2.45) is 10.9 Å². The molecule has 0 bridgehead atoms. The first-order chi connectivity index (χ1) is 3.80. The van der Waals surface area contributed by atoms with Crippen LogP contribution in [0.5, 0.6) is 0 Å². The van der Waals surface area contributed by atoms with Crippen LogP contribution in [-0.2, 0) is 0 Å². The third kappa shape index (κ3) is 1.13. The topological polar surface area (TPSA) is 12.4 Å². The quantitative estimate of drug-likeness (QED) is 0.452. The van der Waals surface area contributed by atoms with Gasteiger partial charge in [-0.1, -0.05) is 19.1 Å². The highest BCUT2D eigenvalue weighted by molar-refractivity contribution is 7.80. The van der Waals surface area contributed by atoms with Crippen LogP contribution < -0.4 is 0 Å². The summed E-state index contributed by atoms with van der Waals surface area (Å²) in [5, 5.41) is 0. The fraction of sp³-hybridized carbons (Fsp3) is 0.667. The van der Waals surface area contributed by atoms with Crippen molar-refractivity contribution in [3.63, 3.8) is 0 Å². The van der Waals surface area contributed by atoms with E-state index in [2.05, 4.69) is 11.9 Å². The maximum atomic E-state index is 4.93. The van der Waals surface area contributed by atoms with Crippen molar-refractivity contribution in [1.29, 1.82) is 0 Å².